The van der Waals surface area contributed by atoms with E-state index in [9.17, 15) is 19.5 Å². The summed E-state index contributed by atoms with van der Waals surface area (Å²) in [5, 5.41) is 9.48. The normalized spacial score (nSPS) is 12.6. The van der Waals surface area contributed by atoms with Crippen molar-refractivity contribution in [2.24, 2.45) is 11.8 Å². The van der Waals surface area contributed by atoms with Gasteiger partial charge in [0, 0.05) is 0 Å². The summed E-state index contributed by atoms with van der Waals surface area (Å²) in [5.74, 6) is -2.02. The van der Waals surface area contributed by atoms with Gasteiger partial charge in [-0.25, -0.2) is 14.4 Å². The molecule has 6 nitrogen and oxygen atoms in total. The van der Waals surface area contributed by atoms with E-state index in [1.54, 1.807) is 0 Å². The predicted octanol–water partition coefficient (Wildman–Crippen LogP) is 8.47. The van der Waals surface area contributed by atoms with Crippen molar-refractivity contribution < 1.29 is 29.0 Å². The van der Waals surface area contributed by atoms with E-state index >= 15 is 0 Å². The number of carboxylic acid groups (broad SMARTS) is 1. The van der Waals surface area contributed by atoms with Crippen LogP contribution in [-0.2, 0) is 9.47 Å². The maximum Gasteiger partial charge on any atom is 0.338 e. The van der Waals surface area contributed by atoms with Gasteiger partial charge in [0.05, 0.1) is 29.9 Å². The predicted molar refractivity (Wildman–Crippen MR) is 148 cm³/mol. The van der Waals surface area contributed by atoms with Gasteiger partial charge in [-0.3, -0.25) is 0 Å². The zero-order chi connectivity index (χ0) is 27.5. The second-order valence-electron chi connectivity index (χ2n) is 10.6. The van der Waals surface area contributed by atoms with Gasteiger partial charge >= 0.3 is 17.9 Å². The lowest BCUT2D eigenvalue weighted by Gasteiger charge is -2.14. The summed E-state index contributed by atoms with van der Waals surface area (Å²) in [6.45, 7) is 9.02. The van der Waals surface area contributed by atoms with Crippen molar-refractivity contribution in [3.63, 3.8) is 0 Å². The number of unbranched alkanes of at least 4 members (excludes halogenated alkanes) is 10. The van der Waals surface area contributed by atoms with Crippen molar-refractivity contribution in [3.8, 4) is 0 Å². The molecular formula is C31H50O6. The lowest BCUT2D eigenvalue weighted by atomic mass is 10.0. The van der Waals surface area contributed by atoms with Crippen LogP contribution in [0.3, 0.4) is 0 Å². The molecule has 0 aromatic heterocycles. The standard InChI is InChI=1S/C31H50O6/c1-5-7-9-11-13-15-17-24(3)22-36-30(34)27-19-26(29(32)33)20-28(21-27)31(35)37-23-25(4)18-16-14-12-10-8-6-2/h19-21,24-25H,5-18,22-23H2,1-4H3,(H,32,33). The molecule has 1 N–H and O–H groups in total. The monoisotopic (exact) mass is 518 g/mol. The zero-order valence-electron chi connectivity index (χ0n) is 23.7. The van der Waals surface area contributed by atoms with E-state index in [0.29, 0.717) is 0 Å². The van der Waals surface area contributed by atoms with Crippen molar-refractivity contribution in [3.05, 3.63) is 34.9 Å². The molecule has 0 bridgehead atoms. The Morgan fingerprint density at radius 1 is 0.622 bits per heavy atom. The first-order valence-corrected chi connectivity index (χ1v) is 14.5. The van der Waals surface area contributed by atoms with E-state index in [4.69, 9.17) is 9.47 Å². The smallest absolute Gasteiger partial charge is 0.338 e. The average Bonchev–Trinajstić information content (AvgIpc) is 2.89. The van der Waals surface area contributed by atoms with Crippen LogP contribution < -0.4 is 0 Å². The summed E-state index contributed by atoms with van der Waals surface area (Å²) in [6.07, 6.45) is 16.5. The van der Waals surface area contributed by atoms with Crippen molar-refractivity contribution >= 4 is 17.9 Å². The van der Waals surface area contributed by atoms with E-state index in [-0.39, 0.29) is 41.7 Å². The number of ether oxygens (including phenoxy) is 2. The Morgan fingerprint density at radius 3 is 1.35 bits per heavy atom. The van der Waals surface area contributed by atoms with Gasteiger partial charge in [-0.1, -0.05) is 105 Å². The minimum atomic E-state index is -1.21. The van der Waals surface area contributed by atoms with Gasteiger partial charge in [-0.05, 0) is 42.9 Å². The minimum absolute atomic E-state index is 0.0544. The highest BCUT2D eigenvalue weighted by atomic mass is 16.5. The summed E-state index contributed by atoms with van der Waals surface area (Å²) in [5.41, 5.74) is -0.0286. The first kappa shape index (κ1) is 32.7. The van der Waals surface area contributed by atoms with Crippen LogP contribution in [0.5, 0.6) is 0 Å². The summed E-state index contributed by atoms with van der Waals surface area (Å²) in [4.78, 5) is 36.9. The van der Waals surface area contributed by atoms with Crippen LogP contribution in [0.15, 0.2) is 18.2 Å². The average molecular weight is 519 g/mol. The largest absolute Gasteiger partial charge is 0.478 e. The number of carbonyl (C=O) groups excluding carboxylic acids is 2. The molecular weight excluding hydrogens is 468 g/mol. The molecule has 2 atom stereocenters. The summed E-state index contributed by atoms with van der Waals surface area (Å²) in [7, 11) is 0. The number of carbonyl (C=O) groups is 3. The minimum Gasteiger partial charge on any atom is -0.478 e. The third kappa shape index (κ3) is 14.8. The van der Waals surface area contributed by atoms with E-state index in [1.807, 2.05) is 13.8 Å². The van der Waals surface area contributed by atoms with Gasteiger partial charge in [0.1, 0.15) is 0 Å². The molecule has 0 heterocycles. The fourth-order valence-electron chi connectivity index (χ4n) is 4.30. The second kappa shape index (κ2) is 19.7. The number of rotatable bonds is 21. The van der Waals surface area contributed by atoms with Crippen molar-refractivity contribution in [1.82, 2.24) is 0 Å². The van der Waals surface area contributed by atoms with Crippen LogP contribution in [0.2, 0.25) is 0 Å². The molecule has 0 radical (unpaired) electrons. The molecule has 1 aromatic carbocycles. The van der Waals surface area contributed by atoms with Crippen LogP contribution in [0.4, 0.5) is 0 Å². The SMILES string of the molecule is CCCCCCCCC(C)COC(=O)c1cc(C(=O)O)cc(C(=O)OCC(C)CCCCCCCC)c1. The Kier molecular flexibility index (Phi) is 17.4. The Labute approximate surface area is 224 Å². The van der Waals surface area contributed by atoms with E-state index < -0.39 is 17.9 Å². The van der Waals surface area contributed by atoms with Gasteiger partial charge in [0.15, 0.2) is 0 Å². The van der Waals surface area contributed by atoms with Gasteiger partial charge in [-0.2, -0.15) is 0 Å². The molecule has 2 unspecified atom stereocenters. The maximum atomic E-state index is 12.7. The van der Waals surface area contributed by atoms with Crippen molar-refractivity contribution in [1.29, 1.82) is 0 Å². The first-order valence-electron chi connectivity index (χ1n) is 14.5. The molecule has 1 aromatic rings. The number of hydrogen-bond donors (Lipinski definition) is 1. The van der Waals surface area contributed by atoms with Crippen LogP contribution in [0, 0.1) is 11.8 Å². The third-order valence-corrected chi connectivity index (χ3v) is 6.75. The fraction of sp³-hybridized carbons (Fsp3) is 0.710. The summed E-state index contributed by atoms with van der Waals surface area (Å²) in [6, 6.07) is 3.87. The summed E-state index contributed by atoms with van der Waals surface area (Å²) < 4.78 is 10.9. The fourth-order valence-corrected chi connectivity index (χ4v) is 4.30. The lowest BCUT2D eigenvalue weighted by Crippen LogP contribution is -2.16. The molecule has 6 heteroatoms. The number of hydrogen-bond acceptors (Lipinski definition) is 5. The van der Waals surface area contributed by atoms with Crippen LogP contribution in [0.25, 0.3) is 0 Å². The summed E-state index contributed by atoms with van der Waals surface area (Å²) >= 11 is 0. The molecule has 0 fully saturated rings. The number of aromatic carboxylic acids is 1. The van der Waals surface area contributed by atoms with Gasteiger partial charge in [0.2, 0.25) is 0 Å². The first-order chi connectivity index (χ1) is 17.8. The highest BCUT2D eigenvalue weighted by Crippen LogP contribution is 2.17. The highest BCUT2D eigenvalue weighted by Gasteiger charge is 2.19. The van der Waals surface area contributed by atoms with Gasteiger partial charge in [-0.15, -0.1) is 0 Å². The quantitative estimate of drug-likeness (QED) is 0.130. The highest BCUT2D eigenvalue weighted by molar-refractivity contribution is 6.00. The molecule has 210 valence electrons. The van der Waals surface area contributed by atoms with Crippen molar-refractivity contribution in [2.75, 3.05) is 13.2 Å². The van der Waals surface area contributed by atoms with Gasteiger partial charge < -0.3 is 14.6 Å². The van der Waals surface area contributed by atoms with E-state index in [0.717, 1.165) is 25.7 Å². The molecule has 0 aliphatic carbocycles. The molecule has 0 saturated heterocycles. The van der Waals surface area contributed by atoms with Gasteiger partial charge in [0.25, 0.3) is 0 Å². The maximum absolute atomic E-state index is 12.7. The Balaban J connectivity index is 2.57. The molecule has 0 saturated carbocycles. The van der Waals surface area contributed by atoms with Crippen LogP contribution >= 0.6 is 0 Å². The molecule has 1 rings (SSSR count). The zero-order valence-corrected chi connectivity index (χ0v) is 23.7. The molecule has 0 spiro atoms. The Hall–Kier alpha value is -2.37. The Morgan fingerprint density at radius 2 is 0.973 bits per heavy atom. The molecule has 37 heavy (non-hydrogen) atoms. The lowest BCUT2D eigenvalue weighted by molar-refractivity contribution is 0.0440. The van der Waals surface area contributed by atoms with E-state index in [1.165, 1.54) is 82.4 Å². The molecule has 0 aliphatic heterocycles. The number of carboxylic acids is 1. The topological polar surface area (TPSA) is 89.9 Å². The third-order valence-electron chi connectivity index (χ3n) is 6.75. The Bertz CT molecular complexity index is 747. The van der Waals surface area contributed by atoms with Crippen LogP contribution in [-0.4, -0.2) is 36.2 Å². The van der Waals surface area contributed by atoms with Crippen LogP contribution in [0.1, 0.15) is 149 Å². The molecule has 0 amide bonds. The van der Waals surface area contributed by atoms with E-state index in [2.05, 4.69) is 13.8 Å². The number of benzene rings is 1. The number of esters is 2. The second-order valence-corrected chi connectivity index (χ2v) is 10.6. The molecule has 0 aliphatic rings. The van der Waals surface area contributed by atoms with Crippen molar-refractivity contribution in [2.45, 2.75) is 118 Å².